The van der Waals surface area contributed by atoms with E-state index in [1.54, 1.807) is 0 Å². The number of nitrogens with one attached hydrogen (secondary N) is 2. The Hall–Kier alpha value is -3.27. The molecule has 0 unspecified atom stereocenters. The molecule has 3 rings (SSSR count). The third kappa shape index (κ3) is 5.61. The normalized spacial score (nSPS) is 10.1. The fraction of sp³-hybridized carbons (Fsp3) is 0.174. The molecular formula is C23H25N3O. The van der Waals surface area contributed by atoms with Crippen LogP contribution in [-0.2, 0) is 0 Å². The number of para-hydroxylation sites is 3. The van der Waals surface area contributed by atoms with Crippen LogP contribution in [0.2, 0.25) is 0 Å². The highest BCUT2D eigenvalue weighted by molar-refractivity contribution is 6.03. The van der Waals surface area contributed by atoms with E-state index in [0.29, 0.717) is 19.1 Å². The van der Waals surface area contributed by atoms with E-state index in [9.17, 15) is 0 Å². The summed E-state index contributed by atoms with van der Waals surface area (Å²) in [4.78, 5) is 4.66. The van der Waals surface area contributed by atoms with Gasteiger partial charge in [0.05, 0.1) is 6.54 Å². The molecule has 0 aliphatic rings. The van der Waals surface area contributed by atoms with Crippen molar-refractivity contribution in [2.24, 2.45) is 4.99 Å². The Morgan fingerprint density at radius 1 is 0.741 bits per heavy atom. The second-order valence-corrected chi connectivity index (χ2v) is 6.28. The molecular weight excluding hydrogens is 334 g/mol. The number of anilines is 2. The number of guanidine groups is 1. The average Bonchev–Trinajstić information content (AvgIpc) is 2.68. The molecule has 0 atom stereocenters. The number of hydrogen-bond acceptors (Lipinski definition) is 2. The number of hydrogen-bond donors (Lipinski definition) is 2. The largest absolute Gasteiger partial charge is 0.491 e. The van der Waals surface area contributed by atoms with Gasteiger partial charge in [-0.1, -0.05) is 54.6 Å². The lowest BCUT2D eigenvalue weighted by atomic mass is 10.1. The van der Waals surface area contributed by atoms with Gasteiger partial charge in [0.1, 0.15) is 12.4 Å². The van der Waals surface area contributed by atoms with E-state index in [2.05, 4.69) is 41.6 Å². The topological polar surface area (TPSA) is 45.6 Å². The van der Waals surface area contributed by atoms with Crippen molar-refractivity contribution in [3.8, 4) is 5.75 Å². The van der Waals surface area contributed by atoms with Crippen molar-refractivity contribution in [2.45, 2.75) is 13.8 Å². The maximum atomic E-state index is 5.96. The van der Waals surface area contributed by atoms with E-state index in [4.69, 9.17) is 4.74 Å². The highest BCUT2D eigenvalue weighted by atomic mass is 16.5. The number of rotatable bonds is 6. The van der Waals surface area contributed by atoms with Crippen molar-refractivity contribution in [3.05, 3.63) is 90.0 Å². The predicted molar refractivity (Wildman–Crippen MR) is 114 cm³/mol. The Balaban J connectivity index is 1.66. The van der Waals surface area contributed by atoms with Gasteiger partial charge < -0.3 is 15.4 Å². The van der Waals surface area contributed by atoms with E-state index in [0.717, 1.165) is 28.3 Å². The molecule has 27 heavy (non-hydrogen) atoms. The number of nitrogens with zero attached hydrogens (tertiary/aromatic N) is 1. The zero-order valence-electron chi connectivity index (χ0n) is 15.8. The van der Waals surface area contributed by atoms with Crippen LogP contribution >= 0.6 is 0 Å². The molecule has 0 aliphatic carbocycles. The molecule has 0 saturated heterocycles. The zero-order chi connectivity index (χ0) is 18.9. The molecule has 0 aromatic heterocycles. The Morgan fingerprint density at radius 3 is 1.78 bits per heavy atom. The van der Waals surface area contributed by atoms with E-state index >= 15 is 0 Å². The van der Waals surface area contributed by atoms with Crippen molar-refractivity contribution in [2.75, 3.05) is 23.8 Å². The van der Waals surface area contributed by atoms with Crippen LogP contribution in [0.4, 0.5) is 11.4 Å². The van der Waals surface area contributed by atoms with Crippen LogP contribution in [-0.4, -0.2) is 19.1 Å². The van der Waals surface area contributed by atoms with E-state index in [1.165, 1.54) is 0 Å². The predicted octanol–water partition coefficient (Wildman–Crippen LogP) is 5.26. The molecule has 0 fully saturated rings. The van der Waals surface area contributed by atoms with Gasteiger partial charge in [-0.15, -0.1) is 0 Å². The minimum atomic E-state index is 0.516. The molecule has 3 aromatic carbocycles. The van der Waals surface area contributed by atoms with Crippen LogP contribution in [0, 0.1) is 13.8 Å². The highest BCUT2D eigenvalue weighted by Crippen LogP contribution is 2.22. The second kappa shape index (κ2) is 9.43. The molecule has 0 amide bonds. The van der Waals surface area contributed by atoms with Gasteiger partial charge in [-0.25, -0.2) is 4.99 Å². The number of aliphatic imine (C=N–C) groups is 1. The Labute approximate surface area is 160 Å². The first-order chi connectivity index (χ1) is 13.2. The lowest BCUT2D eigenvalue weighted by molar-refractivity contribution is 0.324. The molecule has 0 heterocycles. The molecule has 4 heteroatoms. The van der Waals surface area contributed by atoms with Crippen molar-refractivity contribution >= 4 is 17.3 Å². The van der Waals surface area contributed by atoms with Crippen molar-refractivity contribution in [3.63, 3.8) is 0 Å². The van der Waals surface area contributed by atoms with Gasteiger partial charge >= 0.3 is 0 Å². The lowest BCUT2D eigenvalue weighted by Gasteiger charge is -2.14. The fourth-order valence-corrected chi connectivity index (χ4v) is 2.76. The summed E-state index contributed by atoms with van der Waals surface area (Å²) in [7, 11) is 0. The molecule has 2 N–H and O–H groups in total. The van der Waals surface area contributed by atoms with Crippen LogP contribution in [0.5, 0.6) is 5.75 Å². The van der Waals surface area contributed by atoms with Gasteiger partial charge in [0, 0.05) is 11.4 Å². The maximum Gasteiger partial charge on any atom is 0.200 e. The lowest BCUT2D eigenvalue weighted by Crippen LogP contribution is -2.23. The summed E-state index contributed by atoms with van der Waals surface area (Å²) in [5.41, 5.74) is 4.25. The zero-order valence-corrected chi connectivity index (χ0v) is 15.8. The molecule has 138 valence electrons. The molecule has 0 radical (unpaired) electrons. The summed E-state index contributed by atoms with van der Waals surface area (Å²) in [6, 6.07) is 26.2. The maximum absolute atomic E-state index is 5.96. The fourth-order valence-electron chi connectivity index (χ4n) is 2.76. The summed E-state index contributed by atoms with van der Waals surface area (Å²) in [6.45, 7) is 5.18. The molecule has 4 nitrogen and oxygen atoms in total. The Morgan fingerprint density at radius 2 is 1.26 bits per heavy atom. The summed E-state index contributed by atoms with van der Waals surface area (Å²) in [5.74, 6) is 1.64. The molecule has 3 aromatic rings. The van der Waals surface area contributed by atoms with E-state index in [1.807, 2.05) is 66.7 Å². The molecule has 0 aliphatic heterocycles. The van der Waals surface area contributed by atoms with E-state index in [-0.39, 0.29) is 0 Å². The van der Waals surface area contributed by atoms with Gasteiger partial charge in [-0.3, -0.25) is 0 Å². The number of aryl methyl sites for hydroxylation is 2. The van der Waals surface area contributed by atoms with Gasteiger partial charge in [0.15, 0.2) is 5.96 Å². The Kier molecular flexibility index (Phi) is 6.47. The first-order valence-electron chi connectivity index (χ1n) is 9.10. The summed E-state index contributed by atoms with van der Waals surface area (Å²) in [6.07, 6.45) is 0. The number of benzene rings is 3. The minimum absolute atomic E-state index is 0.516. The smallest absolute Gasteiger partial charge is 0.200 e. The Bertz CT molecular complexity index is 813. The summed E-state index contributed by atoms with van der Waals surface area (Å²) >= 11 is 0. The van der Waals surface area contributed by atoms with Gasteiger partial charge in [0.2, 0.25) is 0 Å². The van der Waals surface area contributed by atoms with Crippen molar-refractivity contribution < 1.29 is 4.74 Å². The third-order valence-corrected chi connectivity index (χ3v) is 4.09. The number of ether oxygens (including phenoxy) is 1. The molecule has 0 bridgehead atoms. The van der Waals surface area contributed by atoms with Gasteiger partial charge in [-0.05, 0) is 49.2 Å². The SMILES string of the molecule is Cc1cccc(C)c1OCCN=C(Nc1ccccc1)Nc1ccccc1. The van der Waals surface area contributed by atoms with Crippen molar-refractivity contribution in [1.82, 2.24) is 0 Å². The quantitative estimate of drug-likeness (QED) is 0.358. The van der Waals surface area contributed by atoms with Crippen LogP contribution < -0.4 is 15.4 Å². The highest BCUT2D eigenvalue weighted by Gasteiger charge is 2.04. The second-order valence-electron chi connectivity index (χ2n) is 6.28. The third-order valence-electron chi connectivity index (χ3n) is 4.09. The molecule has 0 saturated carbocycles. The minimum Gasteiger partial charge on any atom is -0.491 e. The van der Waals surface area contributed by atoms with Crippen LogP contribution in [0.15, 0.2) is 83.9 Å². The van der Waals surface area contributed by atoms with Gasteiger partial charge in [-0.2, -0.15) is 0 Å². The first kappa shape index (κ1) is 18.5. The monoisotopic (exact) mass is 359 g/mol. The van der Waals surface area contributed by atoms with Crippen LogP contribution in [0.3, 0.4) is 0 Å². The standard InChI is InChI=1S/C23H25N3O/c1-18-10-9-11-19(2)22(18)27-17-16-24-23(25-20-12-5-3-6-13-20)26-21-14-7-4-8-15-21/h3-15H,16-17H2,1-2H3,(H2,24,25,26). The van der Waals surface area contributed by atoms with Crippen molar-refractivity contribution in [1.29, 1.82) is 0 Å². The first-order valence-corrected chi connectivity index (χ1v) is 9.10. The average molecular weight is 359 g/mol. The summed E-state index contributed by atoms with van der Waals surface area (Å²) < 4.78 is 5.96. The van der Waals surface area contributed by atoms with Crippen LogP contribution in [0.1, 0.15) is 11.1 Å². The van der Waals surface area contributed by atoms with Crippen LogP contribution in [0.25, 0.3) is 0 Å². The van der Waals surface area contributed by atoms with E-state index < -0.39 is 0 Å². The summed E-state index contributed by atoms with van der Waals surface area (Å²) in [5, 5.41) is 6.66. The molecule has 0 spiro atoms. The van der Waals surface area contributed by atoms with Gasteiger partial charge in [0.25, 0.3) is 0 Å².